The molecular formula is C14H8Cl7NO3. The van der Waals surface area contributed by atoms with Gasteiger partial charge in [0.05, 0.1) is 28.3 Å². The minimum Gasteiger partial charge on any atom is -0.378 e. The van der Waals surface area contributed by atoms with E-state index in [1.807, 2.05) is 0 Å². The van der Waals surface area contributed by atoms with E-state index >= 15 is 0 Å². The van der Waals surface area contributed by atoms with Gasteiger partial charge in [0.25, 0.3) is 0 Å². The van der Waals surface area contributed by atoms with Gasteiger partial charge in [-0.25, -0.2) is 0 Å². The van der Waals surface area contributed by atoms with Crippen molar-refractivity contribution in [2.75, 3.05) is 26.3 Å². The van der Waals surface area contributed by atoms with Crippen LogP contribution in [0, 0.1) is 5.41 Å². The number of morpholine rings is 1. The van der Waals surface area contributed by atoms with Gasteiger partial charge in [-0.3, -0.25) is 9.59 Å². The van der Waals surface area contributed by atoms with Gasteiger partial charge in [0.15, 0.2) is 10.7 Å². The Morgan fingerprint density at radius 2 is 1.52 bits per heavy atom. The van der Waals surface area contributed by atoms with Crippen LogP contribution in [0.15, 0.2) is 20.1 Å². The molecule has 4 atom stereocenters. The fraction of sp³-hybridized carbons (Fsp3) is 0.571. The van der Waals surface area contributed by atoms with Gasteiger partial charge in [-0.05, 0) is 0 Å². The maximum atomic E-state index is 13.2. The standard InChI is InChI=1S/C14H8Cl7NO3/c15-5-6(16)11(19)7(17)8(18)13(20)12(11,9(5)23)14(13,21)10(24)22-1-3-25-4-2-22/h1-4H2/t11-,12?,13-,14+/m0/s1. The first-order valence-corrected chi connectivity index (χ1v) is 9.81. The summed E-state index contributed by atoms with van der Waals surface area (Å²) >= 11 is 44.9. The van der Waals surface area contributed by atoms with Crippen molar-refractivity contribution in [3.05, 3.63) is 20.1 Å². The van der Waals surface area contributed by atoms with Gasteiger partial charge in [0, 0.05) is 13.1 Å². The van der Waals surface area contributed by atoms with Crippen LogP contribution in [-0.4, -0.2) is 57.5 Å². The first-order chi connectivity index (χ1) is 11.6. The number of alkyl halides is 3. The number of halogens is 7. The van der Waals surface area contributed by atoms with Crippen LogP contribution in [0.4, 0.5) is 0 Å². The van der Waals surface area contributed by atoms with Crippen molar-refractivity contribution < 1.29 is 14.3 Å². The average Bonchev–Trinajstić information content (AvgIpc) is 2.98. The molecule has 4 aliphatic rings. The topological polar surface area (TPSA) is 46.6 Å². The van der Waals surface area contributed by atoms with Crippen molar-refractivity contribution in [1.82, 2.24) is 4.90 Å². The van der Waals surface area contributed by atoms with Crippen molar-refractivity contribution in [2.45, 2.75) is 14.6 Å². The van der Waals surface area contributed by atoms with Crippen molar-refractivity contribution in [3.8, 4) is 0 Å². The third-order valence-corrected chi connectivity index (χ3v) is 9.89. The quantitative estimate of drug-likeness (QED) is 0.531. The first-order valence-electron chi connectivity index (χ1n) is 7.16. The van der Waals surface area contributed by atoms with E-state index in [9.17, 15) is 9.59 Å². The molecule has 1 heterocycles. The van der Waals surface area contributed by atoms with Gasteiger partial charge in [-0.15, -0.1) is 34.8 Å². The lowest BCUT2D eigenvalue weighted by molar-refractivity contribution is -0.138. The highest BCUT2D eigenvalue weighted by Crippen LogP contribution is 2.91. The zero-order valence-corrected chi connectivity index (χ0v) is 17.4. The van der Waals surface area contributed by atoms with Crippen molar-refractivity contribution >= 4 is 92.9 Å². The summed E-state index contributed by atoms with van der Waals surface area (Å²) < 4.78 is 5.23. The van der Waals surface area contributed by atoms with E-state index in [4.69, 9.17) is 85.9 Å². The molecule has 1 aliphatic heterocycles. The van der Waals surface area contributed by atoms with Gasteiger partial charge < -0.3 is 9.64 Å². The normalized spacial score (nSPS) is 45.9. The van der Waals surface area contributed by atoms with E-state index in [1.165, 1.54) is 4.90 Å². The fourth-order valence-electron chi connectivity index (χ4n) is 4.18. The lowest BCUT2D eigenvalue weighted by Crippen LogP contribution is -2.51. The largest absolute Gasteiger partial charge is 0.378 e. The van der Waals surface area contributed by atoms with Crippen LogP contribution in [-0.2, 0) is 14.3 Å². The summed E-state index contributed by atoms with van der Waals surface area (Å²) in [6.07, 6.45) is 0. The first kappa shape index (κ1) is 18.9. The second kappa shape index (κ2) is 5.36. The summed E-state index contributed by atoms with van der Waals surface area (Å²) in [5.41, 5.74) is -1.88. The number of carbonyl (C=O) groups is 2. The third kappa shape index (κ3) is 1.60. The predicted molar refractivity (Wildman–Crippen MR) is 98.1 cm³/mol. The zero-order valence-electron chi connectivity index (χ0n) is 12.1. The molecule has 1 unspecified atom stereocenters. The monoisotopic (exact) mass is 483 g/mol. The molecule has 0 N–H and O–H groups in total. The van der Waals surface area contributed by atoms with Crippen LogP contribution in [0.3, 0.4) is 0 Å². The Morgan fingerprint density at radius 3 is 2.08 bits per heavy atom. The Labute approximate surface area is 177 Å². The number of rotatable bonds is 1. The van der Waals surface area contributed by atoms with Crippen LogP contribution in [0.25, 0.3) is 0 Å². The third-order valence-electron chi connectivity index (χ3n) is 5.39. The van der Waals surface area contributed by atoms with Crippen LogP contribution in [0.1, 0.15) is 0 Å². The van der Waals surface area contributed by atoms with Crippen LogP contribution >= 0.6 is 81.2 Å². The van der Waals surface area contributed by atoms with Crippen molar-refractivity contribution in [2.24, 2.45) is 5.41 Å². The number of ketones is 1. The summed E-state index contributed by atoms with van der Waals surface area (Å²) in [6, 6.07) is 0. The van der Waals surface area contributed by atoms with Crippen molar-refractivity contribution in [3.63, 3.8) is 0 Å². The molecule has 1 spiro atoms. The Hall–Kier alpha value is 0.610. The molecule has 0 aromatic rings. The number of Topliss-reactive ketones (excluding diaryl/α,β-unsaturated/α-hetero) is 1. The number of amides is 1. The summed E-state index contributed by atoms with van der Waals surface area (Å²) in [5.74, 6) is -1.32. The highest BCUT2D eigenvalue weighted by molar-refractivity contribution is 6.69. The lowest BCUT2D eigenvalue weighted by atomic mass is 9.88. The Kier molecular flexibility index (Phi) is 4.06. The maximum absolute atomic E-state index is 13.2. The average molecular weight is 486 g/mol. The summed E-state index contributed by atoms with van der Waals surface area (Å²) in [5, 5.41) is -0.894. The maximum Gasteiger partial charge on any atom is 0.247 e. The van der Waals surface area contributed by atoms with Crippen molar-refractivity contribution in [1.29, 1.82) is 0 Å². The fourth-order valence-corrected chi connectivity index (χ4v) is 7.85. The molecule has 4 nitrogen and oxygen atoms in total. The number of carbonyl (C=O) groups excluding carboxylic acids is 2. The molecule has 0 aromatic carbocycles. The molecule has 136 valence electrons. The van der Waals surface area contributed by atoms with E-state index in [2.05, 4.69) is 0 Å². The number of allylic oxidation sites excluding steroid dienone is 4. The minimum absolute atomic E-state index is 0.147. The van der Waals surface area contributed by atoms with E-state index in [1.54, 1.807) is 0 Å². The van der Waals surface area contributed by atoms with E-state index in [0.717, 1.165) is 0 Å². The number of ether oxygens (including phenoxy) is 1. The van der Waals surface area contributed by atoms with E-state index in [-0.39, 0.29) is 20.1 Å². The molecule has 4 rings (SSSR count). The van der Waals surface area contributed by atoms with Crippen LogP contribution < -0.4 is 0 Å². The highest BCUT2D eigenvalue weighted by atomic mass is 35.5. The smallest absolute Gasteiger partial charge is 0.247 e. The van der Waals surface area contributed by atoms with E-state index < -0.39 is 31.7 Å². The lowest BCUT2D eigenvalue weighted by Gasteiger charge is -2.33. The van der Waals surface area contributed by atoms with Crippen LogP contribution in [0.2, 0.25) is 0 Å². The molecule has 3 aliphatic carbocycles. The Morgan fingerprint density at radius 1 is 0.960 bits per heavy atom. The molecule has 25 heavy (non-hydrogen) atoms. The molecule has 1 saturated heterocycles. The van der Waals surface area contributed by atoms with Gasteiger partial charge >= 0.3 is 0 Å². The van der Waals surface area contributed by atoms with Gasteiger partial charge in [0.2, 0.25) is 5.91 Å². The number of hydrogen-bond acceptors (Lipinski definition) is 3. The van der Waals surface area contributed by atoms with Gasteiger partial charge in [0.1, 0.15) is 20.2 Å². The summed E-state index contributed by atoms with van der Waals surface area (Å²) in [6.45, 7) is 1.27. The Balaban J connectivity index is 1.92. The van der Waals surface area contributed by atoms with Crippen LogP contribution in [0.5, 0.6) is 0 Å². The SMILES string of the molecule is O=C1C(Cl)=C(Cl)[C@]2(Cl)C(Cl)=C(Cl)[C@]3(Cl)C12[C@]3(Cl)C(=O)N1CCOCC1. The molecule has 0 bridgehead atoms. The van der Waals surface area contributed by atoms with E-state index in [0.29, 0.717) is 26.3 Å². The molecule has 1 saturated carbocycles. The Bertz CT molecular complexity index is 806. The number of nitrogens with zero attached hydrogens (tertiary/aromatic N) is 1. The number of hydrogen-bond donors (Lipinski definition) is 0. The molecule has 1 amide bonds. The second-order valence-electron chi connectivity index (χ2n) is 6.22. The summed E-state index contributed by atoms with van der Waals surface area (Å²) in [7, 11) is 0. The minimum atomic E-state index is -1.95. The van der Waals surface area contributed by atoms with Gasteiger partial charge in [-0.1, -0.05) is 46.4 Å². The molecular weight excluding hydrogens is 478 g/mol. The highest BCUT2D eigenvalue weighted by Gasteiger charge is 3.05. The molecule has 0 radical (unpaired) electrons. The second-order valence-corrected chi connectivity index (χ2v) is 9.43. The molecule has 11 heteroatoms. The molecule has 2 fully saturated rings. The molecule has 0 aromatic heterocycles. The van der Waals surface area contributed by atoms with Gasteiger partial charge in [-0.2, -0.15) is 0 Å². The summed E-state index contributed by atoms with van der Waals surface area (Å²) in [4.78, 5) is 22.0. The predicted octanol–water partition coefficient (Wildman–Crippen LogP) is 3.75. The zero-order chi connectivity index (χ0) is 18.6.